The van der Waals surface area contributed by atoms with Crippen molar-refractivity contribution in [2.75, 3.05) is 0 Å². The van der Waals surface area contributed by atoms with Gasteiger partial charge in [-0.15, -0.1) is 0 Å². The van der Waals surface area contributed by atoms with Crippen LogP contribution < -0.4 is 5.73 Å². The van der Waals surface area contributed by atoms with Gasteiger partial charge in [-0.05, 0) is 36.8 Å². The number of pyridine rings is 1. The van der Waals surface area contributed by atoms with Gasteiger partial charge in [0.05, 0.1) is 0 Å². The molecule has 0 saturated heterocycles. The third-order valence-corrected chi connectivity index (χ3v) is 3.24. The fraction of sp³-hybridized carbons (Fsp3) is 0.154. The predicted molar refractivity (Wildman–Crippen MR) is 67.4 cm³/mol. The van der Waals surface area contributed by atoms with Crippen molar-refractivity contribution in [2.45, 2.75) is 22.9 Å². The predicted octanol–water partition coefficient (Wildman–Crippen LogP) is 3.39. The molecule has 0 aliphatic heterocycles. The number of hydrogen-bond donors (Lipinski definition) is 1. The van der Waals surface area contributed by atoms with Crippen LogP contribution in [-0.4, -0.2) is 4.98 Å². The van der Waals surface area contributed by atoms with Crippen molar-refractivity contribution in [1.29, 1.82) is 0 Å². The van der Waals surface area contributed by atoms with Crippen molar-refractivity contribution in [1.82, 2.24) is 4.98 Å². The molecule has 1 aromatic carbocycles. The molecule has 0 aliphatic rings. The van der Waals surface area contributed by atoms with Gasteiger partial charge in [0.1, 0.15) is 10.8 Å². The highest BCUT2D eigenvalue weighted by Crippen LogP contribution is 2.26. The first-order valence-electron chi connectivity index (χ1n) is 5.30. The SMILES string of the molecule is C[C@H](N)c1ccc(Sc2cccc(F)c2)nc1. The van der Waals surface area contributed by atoms with Gasteiger partial charge >= 0.3 is 0 Å². The molecule has 2 aromatic rings. The molecule has 1 heterocycles. The van der Waals surface area contributed by atoms with Crippen LogP contribution >= 0.6 is 11.8 Å². The van der Waals surface area contributed by atoms with Gasteiger partial charge < -0.3 is 5.73 Å². The molecule has 0 fully saturated rings. The Hall–Kier alpha value is -1.39. The van der Waals surface area contributed by atoms with E-state index in [-0.39, 0.29) is 11.9 Å². The van der Waals surface area contributed by atoms with Gasteiger partial charge in [0.2, 0.25) is 0 Å². The van der Waals surface area contributed by atoms with E-state index >= 15 is 0 Å². The van der Waals surface area contributed by atoms with E-state index in [1.165, 1.54) is 23.9 Å². The Bertz CT molecular complexity index is 497. The van der Waals surface area contributed by atoms with Gasteiger partial charge in [0, 0.05) is 17.1 Å². The number of hydrogen-bond acceptors (Lipinski definition) is 3. The highest BCUT2D eigenvalue weighted by molar-refractivity contribution is 7.99. The molecular weight excluding hydrogens is 235 g/mol. The van der Waals surface area contributed by atoms with Crippen molar-refractivity contribution in [2.24, 2.45) is 5.73 Å². The molecule has 2 nitrogen and oxygen atoms in total. The molecule has 17 heavy (non-hydrogen) atoms. The highest BCUT2D eigenvalue weighted by atomic mass is 32.2. The van der Waals surface area contributed by atoms with Crippen molar-refractivity contribution in [3.05, 3.63) is 54.0 Å². The largest absolute Gasteiger partial charge is 0.324 e. The first-order valence-corrected chi connectivity index (χ1v) is 6.12. The third-order valence-electron chi connectivity index (χ3n) is 2.30. The Kier molecular flexibility index (Phi) is 3.76. The normalized spacial score (nSPS) is 12.4. The van der Waals surface area contributed by atoms with Crippen molar-refractivity contribution in [3.63, 3.8) is 0 Å². The molecule has 1 aromatic heterocycles. The second-order valence-electron chi connectivity index (χ2n) is 3.78. The molecule has 2 rings (SSSR count). The maximum Gasteiger partial charge on any atom is 0.124 e. The van der Waals surface area contributed by atoms with Crippen molar-refractivity contribution in [3.8, 4) is 0 Å². The Labute approximate surface area is 104 Å². The zero-order valence-corrected chi connectivity index (χ0v) is 10.2. The summed E-state index contributed by atoms with van der Waals surface area (Å²) in [5, 5.41) is 0.833. The van der Waals surface area contributed by atoms with E-state index in [0.717, 1.165) is 15.5 Å². The molecule has 4 heteroatoms. The average Bonchev–Trinajstić information content (AvgIpc) is 2.29. The van der Waals surface area contributed by atoms with Gasteiger partial charge in [-0.3, -0.25) is 0 Å². The summed E-state index contributed by atoms with van der Waals surface area (Å²) >= 11 is 1.43. The van der Waals surface area contributed by atoms with Crippen LogP contribution in [0.15, 0.2) is 52.5 Å². The quantitative estimate of drug-likeness (QED) is 0.905. The molecule has 0 aliphatic carbocycles. The lowest BCUT2D eigenvalue weighted by molar-refractivity contribution is 0.624. The number of nitrogens with two attached hydrogens (primary N) is 1. The van der Waals surface area contributed by atoms with Gasteiger partial charge in [0.15, 0.2) is 0 Å². The Morgan fingerprint density at radius 3 is 2.71 bits per heavy atom. The Morgan fingerprint density at radius 1 is 1.29 bits per heavy atom. The summed E-state index contributed by atoms with van der Waals surface area (Å²) in [7, 11) is 0. The number of benzene rings is 1. The molecule has 0 spiro atoms. The lowest BCUT2D eigenvalue weighted by Gasteiger charge is -2.06. The van der Waals surface area contributed by atoms with E-state index in [1.54, 1.807) is 12.3 Å². The molecular formula is C13H13FN2S. The van der Waals surface area contributed by atoms with Gasteiger partial charge in [-0.2, -0.15) is 0 Å². The van der Waals surface area contributed by atoms with Crippen LogP contribution in [0.5, 0.6) is 0 Å². The van der Waals surface area contributed by atoms with E-state index in [2.05, 4.69) is 4.98 Å². The summed E-state index contributed by atoms with van der Waals surface area (Å²) in [6, 6.07) is 10.3. The number of nitrogens with zero attached hydrogens (tertiary/aromatic N) is 1. The van der Waals surface area contributed by atoms with Crippen LogP contribution in [0.25, 0.3) is 0 Å². The Balaban J connectivity index is 2.14. The minimum absolute atomic E-state index is 0.0179. The smallest absolute Gasteiger partial charge is 0.124 e. The summed E-state index contributed by atoms with van der Waals surface area (Å²) in [5.74, 6) is -0.234. The van der Waals surface area contributed by atoms with Crippen LogP contribution in [0.2, 0.25) is 0 Å². The van der Waals surface area contributed by atoms with Crippen LogP contribution in [0.4, 0.5) is 4.39 Å². The second kappa shape index (κ2) is 5.29. The topological polar surface area (TPSA) is 38.9 Å². The fourth-order valence-corrected chi connectivity index (χ4v) is 2.17. The third kappa shape index (κ3) is 3.28. The molecule has 0 saturated carbocycles. The first-order chi connectivity index (χ1) is 8.15. The van der Waals surface area contributed by atoms with Crippen molar-refractivity contribution < 1.29 is 4.39 Å². The maximum atomic E-state index is 13.0. The summed E-state index contributed by atoms with van der Waals surface area (Å²) in [6.07, 6.45) is 1.76. The molecule has 0 amide bonds. The van der Waals surface area contributed by atoms with Crippen LogP contribution in [0.1, 0.15) is 18.5 Å². The zero-order valence-electron chi connectivity index (χ0n) is 9.43. The molecule has 1 atom stereocenters. The van der Waals surface area contributed by atoms with E-state index in [9.17, 15) is 4.39 Å². The molecule has 0 radical (unpaired) electrons. The summed E-state index contributed by atoms with van der Waals surface area (Å²) in [6.45, 7) is 1.91. The van der Waals surface area contributed by atoms with E-state index in [4.69, 9.17) is 5.73 Å². The Morgan fingerprint density at radius 2 is 2.12 bits per heavy atom. The summed E-state index contributed by atoms with van der Waals surface area (Å²) < 4.78 is 13.0. The molecule has 0 bridgehead atoms. The molecule has 2 N–H and O–H groups in total. The van der Waals surface area contributed by atoms with Crippen LogP contribution in [0, 0.1) is 5.82 Å². The highest BCUT2D eigenvalue weighted by Gasteiger charge is 2.02. The monoisotopic (exact) mass is 248 g/mol. The van der Waals surface area contributed by atoms with Gasteiger partial charge in [-0.25, -0.2) is 9.37 Å². The number of aromatic nitrogens is 1. The average molecular weight is 248 g/mol. The molecule has 0 unspecified atom stereocenters. The standard InChI is InChI=1S/C13H13FN2S/c1-9(15)10-5-6-13(16-8-10)17-12-4-2-3-11(14)7-12/h2-9H,15H2,1H3/t9-/m0/s1. The van der Waals surface area contributed by atoms with Crippen LogP contribution in [0.3, 0.4) is 0 Å². The first kappa shape index (κ1) is 12.1. The minimum atomic E-state index is -0.234. The summed E-state index contributed by atoms with van der Waals surface area (Å²) in [4.78, 5) is 5.12. The fourth-order valence-electron chi connectivity index (χ4n) is 1.37. The second-order valence-corrected chi connectivity index (χ2v) is 4.87. The van der Waals surface area contributed by atoms with Gasteiger partial charge in [0.25, 0.3) is 0 Å². The van der Waals surface area contributed by atoms with Crippen molar-refractivity contribution >= 4 is 11.8 Å². The number of halogens is 1. The zero-order chi connectivity index (χ0) is 12.3. The van der Waals surface area contributed by atoms with E-state index < -0.39 is 0 Å². The molecule has 88 valence electrons. The summed E-state index contributed by atoms with van der Waals surface area (Å²) in [5.41, 5.74) is 6.73. The van der Waals surface area contributed by atoms with E-state index in [0.29, 0.717) is 0 Å². The minimum Gasteiger partial charge on any atom is -0.324 e. The lowest BCUT2D eigenvalue weighted by atomic mass is 10.2. The maximum absolute atomic E-state index is 13.0. The van der Waals surface area contributed by atoms with E-state index in [1.807, 2.05) is 25.1 Å². The van der Waals surface area contributed by atoms with Crippen LogP contribution in [-0.2, 0) is 0 Å². The number of rotatable bonds is 3. The lowest BCUT2D eigenvalue weighted by Crippen LogP contribution is -2.04. The van der Waals surface area contributed by atoms with Gasteiger partial charge in [-0.1, -0.05) is 23.9 Å².